The van der Waals surface area contributed by atoms with E-state index in [1.54, 1.807) is 0 Å². The van der Waals surface area contributed by atoms with Crippen molar-refractivity contribution in [1.82, 2.24) is 5.32 Å². The second kappa shape index (κ2) is 9.10. The number of halogens is 1. The lowest BCUT2D eigenvalue weighted by Crippen LogP contribution is -2.35. The van der Waals surface area contributed by atoms with Crippen LogP contribution in [0.1, 0.15) is 22.8 Å². The van der Waals surface area contributed by atoms with Gasteiger partial charge in [0.05, 0.1) is 17.5 Å². The van der Waals surface area contributed by atoms with E-state index in [1.807, 2.05) is 25.1 Å². The van der Waals surface area contributed by atoms with Gasteiger partial charge in [0.2, 0.25) is 10.0 Å². The number of benzene rings is 2. The van der Waals surface area contributed by atoms with Crippen LogP contribution in [0.2, 0.25) is 5.02 Å². The number of nitrogens with zero attached hydrogens (tertiary/aromatic N) is 1. The molecule has 0 aliphatic carbocycles. The van der Waals surface area contributed by atoms with E-state index in [4.69, 9.17) is 11.6 Å². The first kappa shape index (κ1) is 21.1. The van der Waals surface area contributed by atoms with Crippen LogP contribution >= 0.6 is 11.6 Å². The predicted molar refractivity (Wildman–Crippen MR) is 111 cm³/mol. The van der Waals surface area contributed by atoms with Crippen LogP contribution in [0, 0.1) is 6.92 Å². The van der Waals surface area contributed by atoms with Gasteiger partial charge in [-0.1, -0.05) is 23.7 Å². The standard InChI is InChI=1S/C19H24ClN3O3S/c1-4-23(16-7-5-6-14(2)12-16)11-10-21-19(24)17-13-15(20)8-9-18(17)22-27(3,25)26/h5-9,12-13,22H,4,10-11H2,1-3H3,(H,21,24). The molecule has 0 fully saturated rings. The van der Waals surface area contributed by atoms with E-state index in [-0.39, 0.29) is 17.2 Å². The van der Waals surface area contributed by atoms with Crippen molar-refractivity contribution in [3.8, 4) is 0 Å². The van der Waals surface area contributed by atoms with Crippen LogP contribution in [0.25, 0.3) is 0 Å². The fourth-order valence-electron chi connectivity index (χ4n) is 2.69. The second-order valence-electron chi connectivity index (χ2n) is 6.24. The predicted octanol–water partition coefficient (Wildman–Crippen LogP) is 3.28. The minimum Gasteiger partial charge on any atom is -0.370 e. The Hall–Kier alpha value is -2.25. The number of nitrogens with one attached hydrogen (secondary N) is 2. The van der Waals surface area contributed by atoms with E-state index in [1.165, 1.54) is 23.8 Å². The van der Waals surface area contributed by atoms with E-state index in [9.17, 15) is 13.2 Å². The number of hydrogen-bond donors (Lipinski definition) is 2. The van der Waals surface area contributed by atoms with Crippen LogP contribution in [0.4, 0.5) is 11.4 Å². The molecule has 0 unspecified atom stereocenters. The Morgan fingerprint density at radius 3 is 2.56 bits per heavy atom. The number of likely N-dealkylation sites (N-methyl/N-ethyl adjacent to an activating group) is 1. The molecule has 0 aliphatic rings. The van der Waals surface area contributed by atoms with Gasteiger partial charge in [0.25, 0.3) is 5.91 Å². The van der Waals surface area contributed by atoms with Gasteiger partial charge in [0.1, 0.15) is 0 Å². The highest BCUT2D eigenvalue weighted by molar-refractivity contribution is 7.92. The lowest BCUT2D eigenvalue weighted by molar-refractivity contribution is 0.0955. The minimum atomic E-state index is -3.51. The highest BCUT2D eigenvalue weighted by Gasteiger charge is 2.15. The first-order valence-electron chi connectivity index (χ1n) is 8.56. The van der Waals surface area contributed by atoms with Crippen molar-refractivity contribution in [3.05, 3.63) is 58.6 Å². The number of hydrogen-bond acceptors (Lipinski definition) is 4. The van der Waals surface area contributed by atoms with Gasteiger partial charge in [-0.15, -0.1) is 0 Å². The molecule has 2 aromatic rings. The smallest absolute Gasteiger partial charge is 0.253 e. The van der Waals surface area contributed by atoms with Gasteiger partial charge >= 0.3 is 0 Å². The number of sulfonamides is 1. The molecule has 27 heavy (non-hydrogen) atoms. The molecule has 0 aliphatic heterocycles. The Labute approximate surface area is 165 Å². The summed E-state index contributed by atoms with van der Waals surface area (Å²) in [7, 11) is -3.51. The number of aryl methyl sites for hydroxylation is 1. The van der Waals surface area contributed by atoms with Gasteiger partial charge in [-0.25, -0.2) is 8.42 Å². The molecule has 2 N–H and O–H groups in total. The maximum absolute atomic E-state index is 12.5. The molecule has 6 nitrogen and oxygen atoms in total. The monoisotopic (exact) mass is 409 g/mol. The van der Waals surface area contributed by atoms with Crippen LogP contribution in [0.5, 0.6) is 0 Å². The quantitative estimate of drug-likeness (QED) is 0.701. The molecule has 0 radical (unpaired) electrons. The summed E-state index contributed by atoms with van der Waals surface area (Å²) in [5.41, 5.74) is 2.65. The van der Waals surface area contributed by atoms with Crippen LogP contribution < -0.4 is 14.9 Å². The van der Waals surface area contributed by atoms with Gasteiger partial charge in [-0.3, -0.25) is 9.52 Å². The van der Waals surface area contributed by atoms with Gasteiger partial charge in [0, 0.05) is 30.3 Å². The fourth-order valence-corrected chi connectivity index (χ4v) is 3.44. The summed E-state index contributed by atoms with van der Waals surface area (Å²) < 4.78 is 25.4. The largest absolute Gasteiger partial charge is 0.370 e. The molecule has 8 heteroatoms. The highest BCUT2D eigenvalue weighted by Crippen LogP contribution is 2.21. The number of amides is 1. The zero-order valence-electron chi connectivity index (χ0n) is 15.6. The first-order chi connectivity index (χ1) is 12.7. The number of carbonyl (C=O) groups excluding carboxylic acids is 1. The summed E-state index contributed by atoms with van der Waals surface area (Å²) in [6.45, 7) is 5.92. The topological polar surface area (TPSA) is 78.5 Å². The second-order valence-corrected chi connectivity index (χ2v) is 8.42. The SMILES string of the molecule is CCN(CCNC(=O)c1cc(Cl)ccc1NS(C)(=O)=O)c1cccc(C)c1. The summed E-state index contributed by atoms with van der Waals surface area (Å²) in [5.74, 6) is -0.385. The van der Waals surface area contributed by atoms with E-state index < -0.39 is 10.0 Å². The Morgan fingerprint density at radius 2 is 1.93 bits per heavy atom. The van der Waals surface area contributed by atoms with Gasteiger partial charge in [-0.05, 0) is 49.7 Å². The van der Waals surface area contributed by atoms with E-state index >= 15 is 0 Å². The first-order valence-corrected chi connectivity index (χ1v) is 10.8. The van der Waals surface area contributed by atoms with Crippen molar-refractivity contribution in [2.45, 2.75) is 13.8 Å². The molecule has 146 valence electrons. The maximum atomic E-state index is 12.5. The zero-order chi connectivity index (χ0) is 20.0. The highest BCUT2D eigenvalue weighted by atomic mass is 35.5. The lowest BCUT2D eigenvalue weighted by atomic mass is 10.1. The van der Waals surface area contributed by atoms with Crippen molar-refractivity contribution < 1.29 is 13.2 Å². The molecule has 0 atom stereocenters. The van der Waals surface area contributed by atoms with Crippen molar-refractivity contribution in [1.29, 1.82) is 0 Å². The average Bonchev–Trinajstić information content (AvgIpc) is 2.59. The number of anilines is 2. The molecule has 0 saturated carbocycles. The Bertz CT molecular complexity index is 916. The molecule has 0 heterocycles. The van der Waals surface area contributed by atoms with Gasteiger partial charge < -0.3 is 10.2 Å². The Balaban J connectivity index is 2.06. The van der Waals surface area contributed by atoms with Crippen molar-refractivity contribution in [2.75, 3.05) is 35.5 Å². The van der Waals surface area contributed by atoms with Crippen molar-refractivity contribution in [3.63, 3.8) is 0 Å². The van der Waals surface area contributed by atoms with Crippen LogP contribution in [0.3, 0.4) is 0 Å². The van der Waals surface area contributed by atoms with E-state index in [0.29, 0.717) is 18.1 Å². The normalized spacial score (nSPS) is 11.1. The molecule has 0 spiro atoms. The fraction of sp³-hybridized carbons (Fsp3) is 0.316. The molecular weight excluding hydrogens is 386 g/mol. The van der Waals surface area contributed by atoms with Gasteiger partial charge in [-0.2, -0.15) is 0 Å². The Morgan fingerprint density at radius 1 is 1.19 bits per heavy atom. The third kappa shape index (κ3) is 6.45. The molecule has 2 aromatic carbocycles. The summed E-state index contributed by atoms with van der Waals surface area (Å²) >= 11 is 5.97. The van der Waals surface area contributed by atoms with Crippen LogP contribution in [0.15, 0.2) is 42.5 Å². The molecule has 0 bridgehead atoms. The summed E-state index contributed by atoms with van der Waals surface area (Å²) in [6, 6.07) is 12.6. The molecule has 1 amide bonds. The number of rotatable bonds is 8. The van der Waals surface area contributed by atoms with Crippen molar-refractivity contribution >= 4 is 38.9 Å². The lowest BCUT2D eigenvalue weighted by Gasteiger charge is -2.23. The molecule has 2 rings (SSSR count). The van der Waals surface area contributed by atoms with Crippen LogP contribution in [-0.2, 0) is 10.0 Å². The average molecular weight is 410 g/mol. The van der Waals surface area contributed by atoms with E-state index in [0.717, 1.165) is 18.5 Å². The third-order valence-corrected chi connectivity index (χ3v) is 4.76. The molecule has 0 saturated heterocycles. The third-order valence-electron chi connectivity index (χ3n) is 3.94. The summed E-state index contributed by atoms with van der Waals surface area (Å²) in [6.07, 6.45) is 1.03. The molecule has 0 aromatic heterocycles. The number of carbonyl (C=O) groups is 1. The minimum absolute atomic E-state index is 0.187. The van der Waals surface area contributed by atoms with Crippen molar-refractivity contribution in [2.24, 2.45) is 0 Å². The van der Waals surface area contributed by atoms with Gasteiger partial charge in [0.15, 0.2) is 0 Å². The zero-order valence-corrected chi connectivity index (χ0v) is 17.2. The Kier molecular flexibility index (Phi) is 7.10. The summed E-state index contributed by atoms with van der Waals surface area (Å²) in [5, 5.41) is 3.18. The summed E-state index contributed by atoms with van der Waals surface area (Å²) in [4.78, 5) is 14.7. The van der Waals surface area contributed by atoms with E-state index in [2.05, 4.69) is 27.9 Å². The maximum Gasteiger partial charge on any atom is 0.253 e. The molecular formula is C19H24ClN3O3S. The van der Waals surface area contributed by atoms with Crippen LogP contribution in [-0.4, -0.2) is 40.2 Å².